The number of halogens is 1. The number of hydrogen-bond acceptors (Lipinski definition) is 6. The summed E-state index contributed by atoms with van der Waals surface area (Å²) in [5, 5.41) is 12.9. The van der Waals surface area contributed by atoms with Crippen LogP contribution in [0.3, 0.4) is 0 Å². The Morgan fingerprint density at radius 2 is 2.03 bits per heavy atom. The SMILES string of the molecule is C[C@H](C(=O)Nc1cnc2c(c1)N(S(=O)(=O)c1cccc(Cl)c1)C[C@H](CO)O2)[C@@H]1C[C@H]2CCC[C@H]2C1. The van der Waals surface area contributed by atoms with Crippen LogP contribution in [-0.2, 0) is 14.8 Å². The van der Waals surface area contributed by atoms with Crippen LogP contribution in [0.4, 0.5) is 11.4 Å². The molecule has 0 unspecified atom stereocenters. The Balaban J connectivity index is 1.39. The number of ether oxygens (including phenoxy) is 1. The first-order valence-corrected chi connectivity index (χ1v) is 13.9. The molecule has 2 saturated carbocycles. The smallest absolute Gasteiger partial charge is 0.264 e. The third kappa shape index (κ3) is 4.73. The highest BCUT2D eigenvalue weighted by molar-refractivity contribution is 7.92. The van der Waals surface area contributed by atoms with E-state index in [2.05, 4.69) is 10.3 Å². The summed E-state index contributed by atoms with van der Waals surface area (Å²) in [7, 11) is -4.02. The third-order valence-corrected chi connectivity index (χ3v) is 9.76. The van der Waals surface area contributed by atoms with Gasteiger partial charge in [-0.25, -0.2) is 13.4 Å². The molecule has 1 amide bonds. The van der Waals surface area contributed by atoms with Crippen molar-refractivity contribution in [1.29, 1.82) is 0 Å². The lowest BCUT2D eigenvalue weighted by atomic mass is 9.89. The molecule has 2 aromatic rings. The molecule has 0 bridgehead atoms. The molecule has 1 aromatic heterocycles. The summed E-state index contributed by atoms with van der Waals surface area (Å²) in [5.74, 6) is 1.72. The maximum Gasteiger partial charge on any atom is 0.264 e. The quantitative estimate of drug-likeness (QED) is 0.595. The fourth-order valence-electron chi connectivity index (χ4n) is 5.82. The molecule has 8 nitrogen and oxygen atoms in total. The number of anilines is 2. The second-order valence-corrected chi connectivity index (χ2v) is 12.2. The standard InChI is InChI=1S/C25H30ClN3O5S/c1-15(18-8-16-4-2-5-17(16)9-18)24(31)28-20-11-23-25(27-12-20)34-21(14-30)13-29(23)35(32,33)22-7-3-6-19(26)10-22/h3,6-7,10-12,15-18,21,30H,2,4-5,8-9,13-14H2,1H3,(H,28,31)/t15-,16-,17+,18-,21+/m0/s1. The molecule has 1 aliphatic heterocycles. The van der Waals surface area contributed by atoms with Crippen molar-refractivity contribution < 1.29 is 23.1 Å². The minimum Gasteiger partial charge on any atom is -0.468 e. The molecule has 2 N–H and O–H groups in total. The van der Waals surface area contributed by atoms with E-state index in [9.17, 15) is 18.3 Å². The summed E-state index contributed by atoms with van der Waals surface area (Å²) in [6, 6.07) is 7.55. The fraction of sp³-hybridized carbons (Fsp3) is 0.520. The number of sulfonamides is 1. The van der Waals surface area contributed by atoms with Crippen LogP contribution in [0.25, 0.3) is 0 Å². The molecule has 0 spiro atoms. The van der Waals surface area contributed by atoms with E-state index in [1.54, 1.807) is 18.2 Å². The zero-order valence-corrected chi connectivity index (χ0v) is 21.1. The molecule has 0 saturated heterocycles. The van der Waals surface area contributed by atoms with E-state index in [1.165, 1.54) is 37.6 Å². The molecule has 188 valence electrons. The van der Waals surface area contributed by atoms with Crippen LogP contribution in [0.1, 0.15) is 39.0 Å². The molecule has 3 aliphatic rings. The number of aromatic nitrogens is 1. The largest absolute Gasteiger partial charge is 0.468 e. The Morgan fingerprint density at radius 1 is 1.29 bits per heavy atom. The second-order valence-electron chi connectivity index (χ2n) is 9.92. The minimum absolute atomic E-state index is 0.0179. The summed E-state index contributed by atoms with van der Waals surface area (Å²) in [6.07, 6.45) is 6.74. The summed E-state index contributed by atoms with van der Waals surface area (Å²) in [4.78, 5) is 17.4. The van der Waals surface area contributed by atoms with Crippen molar-refractivity contribution in [1.82, 2.24) is 4.98 Å². The number of amides is 1. The number of aliphatic hydroxyl groups is 1. The van der Waals surface area contributed by atoms with E-state index in [0.717, 1.165) is 29.0 Å². The van der Waals surface area contributed by atoms with Gasteiger partial charge < -0.3 is 15.2 Å². The number of benzene rings is 1. The maximum absolute atomic E-state index is 13.5. The van der Waals surface area contributed by atoms with E-state index in [-0.39, 0.29) is 41.4 Å². The number of nitrogens with zero attached hydrogens (tertiary/aromatic N) is 2. The number of pyridine rings is 1. The van der Waals surface area contributed by atoms with Crippen LogP contribution in [0.15, 0.2) is 41.4 Å². The van der Waals surface area contributed by atoms with Gasteiger partial charge in [-0.3, -0.25) is 9.10 Å². The molecule has 5 rings (SSSR count). The van der Waals surface area contributed by atoms with Crippen molar-refractivity contribution >= 4 is 38.9 Å². The lowest BCUT2D eigenvalue weighted by molar-refractivity contribution is -0.120. The number of carbonyl (C=O) groups excluding carboxylic acids is 1. The van der Waals surface area contributed by atoms with Crippen LogP contribution in [0.2, 0.25) is 5.02 Å². The zero-order valence-electron chi connectivity index (χ0n) is 19.6. The summed E-state index contributed by atoms with van der Waals surface area (Å²) < 4.78 is 33.8. The van der Waals surface area contributed by atoms with Crippen LogP contribution in [-0.4, -0.2) is 43.7 Å². The van der Waals surface area contributed by atoms with Gasteiger partial charge >= 0.3 is 0 Å². The molecule has 10 heteroatoms. The molecule has 0 radical (unpaired) electrons. The van der Waals surface area contributed by atoms with Crippen molar-refractivity contribution in [3.63, 3.8) is 0 Å². The van der Waals surface area contributed by atoms with Gasteiger partial charge in [-0.05, 0) is 54.9 Å². The van der Waals surface area contributed by atoms with Crippen molar-refractivity contribution in [2.45, 2.75) is 50.0 Å². The fourth-order valence-corrected chi connectivity index (χ4v) is 7.61. The van der Waals surface area contributed by atoms with Gasteiger partial charge in [0.1, 0.15) is 11.8 Å². The van der Waals surface area contributed by atoms with Gasteiger partial charge in [0.2, 0.25) is 11.8 Å². The number of nitrogens with one attached hydrogen (secondary N) is 1. The molecule has 2 aliphatic carbocycles. The van der Waals surface area contributed by atoms with Gasteiger partial charge in [-0.15, -0.1) is 0 Å². The topological polar surface area (TPSA) is 109 Å². The van der Waals surface area contributed by atoms with E-state index < -0.39 is 16.1 Å². The number of aliphatic hydroxyl groups excluding tert-OH is 1. The summed E-state index contributed by atoms with van der Waals surface area (Å²) in [5.41, 5.74) is 0.603. The predicted octanol–water partition coefficient (Wildman–Crippen LogP) is 4.08. The normalized spacial score (nSPS) is 26.5. The van der Waals surface area contributed by atoms with E-state index in [0.29, 0.717) is 16.6 Å². The first-order valence-electron chi connectivity index (χ1n) is 12.1. The van der Waals surface area contributed by atoms with Crippen LogP contribution >= 0.6 is 11.6 Å². The average molecular weight is 520 g/mol. The molecular weight excluding hydrogens is 490 g/mol. The monoisotopic (exact) mass is 519 g/mol. The molecule has 35 heavy (non-hydrogen) atoms. The molecule has 2 fully saturated rings. The van der Waals surface area contributed by atoms with Crippen LogP contribution < -0.4 is 14.4 Å². The Hall–Kier alpha value is -2.36. The lowest BCUT2D eigenvalue weighted by Crippen LogP contribution is -2.45. The number of rotatable bonds is 6. The zero-order chi connectivity index (χ0) is 24.7. The highest BCUT2D eigenvalue weighted by atomic mass is 35.5. The molecule has 2 heterocycles. The molecule has 5 atom stereocenters. The third-order valence-electron chi connectivity index (χ3n) is 7.75. The van der Waals surface area contributed by atoms with Crippen molar-refractivity contribution in [3.05, 3.63) is 41.6 Å². The highest BCUT2D eigenvalue weighted by Gasteiger charge is 2.41. The number of hydrogen-bond donors (Lipinski definition) is 2. The highest BCUT2D eigenvalue weighted by Crippen LogP contribution is 2.49. The Labute approximate surface area is 210 Å². The van der Waals surface area contributed by atoms with Gasteiger partial charge in [0, 0.05) is 10.9 Å². The van der Waals surface area contributed by atoms with Gasteiger partial charge in [0.05, 0.1) is 29.9 Å². The van der Waals surface area contributed by atoms with E-state index >= 15 is 0 Å². The number of fused-ring (bicyclic) bond motifs is 2. The minimum atomic E-state index is -4.02. The Kier molecular flexibility index (Phi) is 6.67. The molecular formula is C25H30ClN3O5S. The van der Waals surface area contributed by atoms with Crippen molar-refractivity contribution in [2.75, 3.05) is 22.8 Å². The Morgan fingerprint density at radius 3 is 2.71 bits per heavy atom. The lowest BCUT2D eigenvalue weighted by Gasteiger charge is -2.34. The van der Waals surface area contributed by atoms with Gasteiger partial charge in [0.15, 0.2) is 0 Å². The van der Waals surface area contributed by atoms with Gasteiger partial charge in [-0.1, -0.05) is 43.9 Å². The number of carbonyl (C=O) groups is 1. The maximum atomic E-state index is 13.5. The average Bonchev–Trinajstić information content (AvgIpc) is 3.45. The van der Waals surface area contributed by atoms with Gasteiger partial charge in [-0.2, -0.15) is 0 Å². The second kappa shape index (κ2) is 9.59. The first kappa shape index (κ1) is 24.3. The Bertz CT molecular complexity index is 1210. The van der Waals surface area contributed by atoms with Crippen LogP contribution in [0, 0.1) is 23.7 Å². The van der Waals surface area contributed by atoms with Gasteiger partial charge in [0.25, 0.3) is 10.0 Å². The van der Waals surface area contributed by atoms with Crippen molar-refractivity contribution in [2.24, 2.45) is 23.7 Å². The summed E-state index contributed by atoms with van der Waals surface area (Å²) in [6.45, 7) is 1.50. The van der Waals surface area contributed by atoms with E-state index in [4.69, 9.17) is 16.3 Å². The van der Waals surface area contributed by atoms with Crippen molar-refractivity contribution in [3.8, 4) is 5.88 Å². The van der Waals surface area contributed by atoms with E-state index in [1.807, 2.05) is 6.92 Å². The predicted molar refractivity (Wildman–Crippen MR) is 133 cm³/mol. The van der Waals surface area contributed by atoms with Crippen LogP contribution in [0.5, 0.6) is 5.88 Å². The first-order chi connectivity index (χ1) is 16.8. The summed E-state index contributed by atoms with van der Waals surface area (Å²) >= 11 is 6.04. The molecule has 1 aromatic carbocycles.